The lowest BCUT2D eigenvalue weighted by molar-refractivity contribution is -0.122. The van der Waals surface area contributed by atoms with Crippen LogP contribution in [0.4, 0.5) is 0 Å². The van der Waals surface area contributed by atoms with Crippen molar-refractivity contribution in [3.05, 3.63) is 32.4 Å². The van der Waals surface area contributed by atoms with Gasteiger partial charge in [0.05, 0.1) is 5.02 Å². The fraction of sp³-hybridized carbons (Fsp3) is 0.333. The molecule has 96 valence electrons. The molecule has 1 aromatic carbocycles. The normalized spacial score (nSPS) is 19.2. The predicted molar refractivity (Wildman–Crippen MR) is 77.7 cm³/mol. The molecule has 4 nitrogen and oxygen atoms in total. The van der Waals surface area contributed by atoms with E-state index in [1.807, 2.05) is 0 Å². The van der Waals surface area contributed by atoms with Gasteiger partial charge in [-0.05, 0) is 47.2 Å². The zero-order valence-electron chi connectivity index (χ0n) is 9.50. The smallest absolute Gasteiger partial charge is 0.251 e. The number of piperidine rings is 1. The number of amides is 2. The summed E-state index contributed by atoms with van der Waals surface area (Å²) in [5.41, 5.74) is 0.539. The van der Waals surface area contributed by atoms with Gasteiger partial charge in [-0.3, -0.25) is 9.59 Å². The fourth-order valence-electron chi connectivity index (χ4n) is 1.76. The summed E-state index contributed by atoms with van der Waals surface area (Å²) >= 11 is 8.09. The number of nitrogens with one attached hydrogen (secondary N) is 2. The molecule has 1 saturated heterocycles. The molecule has 0 spiro atoms. The third-order valence-corrected chi connectivity index (χ3v) is 4.35. The molecular formula is C12H12ClIN2O2. The van der Waals surface area contributed by atoms with E-state index in [0.29, 0.717) is 30.0 Å². The Morgan fingerprint density at radius 2 is 2.28 bits per heavy atom. The molecular weight excluding hydrogens is 367 g/mol. The van der Waals surface area contributed by atoms with Crippen LogP contribution in [-0.2, 0) is 4.79 Å². The minimum Gasteiger partial charge on any atom is -0.354 e. The summed E-state index contributed by atoms with van der Waals surface area (Å²) in [5, 5.41) is 6.19. The fourth-order valence-corrected chi connectivity index (χ4v) is 2.28. The molecule has 1 aliphatic heterocycles. The summed E-state index contributed by atoms with van der Waals surface area (Å²) in [4.78, 5) is 23.0. The van der Waals surface area contributed by atoms with Gasteiger partial charge in [-0.25, -0.2) is 0 Å². The average Bonchev–Trinajstić information content (AvgIpc) is 2.35. The minimum atomic E-state index is -0.158. The van der Waals surface area contributed by atoms with Crippen molar-refractivity contribution in [2.24, 2.45) is 0 Å². The van der Waals surface area contributed by atoms with Crippen LogP contribution in [0.3, 0.4) is 0 Å². The molecule has 1 unspecified atom stereocenters. The first-order valence-electron chi connectivity index (χ1n) is 5.59. The number of halogens is 2. The quantitative estimate of drug-likeness (QED) is 0.773. The predicted octanol–water partition coefficient (Wildman–Crippen LogP) is 1.95. The second-order valence-corrected chi connectivity index (χ2v) is 5.71. The summed E-state index contributed by atoms with van der Waals surface area (Å²) in [6, 6.07) is 5.19. The number of benzene rings is 1. The molecule has 0 aromatic heterocycles. The Labute approximate surface area is 124 Å². The lowest BCUT2D eigenvalue weighted by Gasteiger charge is -2.23. The Morgan fingerprint density at radius 3 is 2.89 bits per heavy atom. The van der Waals surface area contributed by atoms with E-state index < -0.39 is 0 Å². The highest BCUT2D eigenvalue weighted by molar-refractivity contribution is 14.1. The topological polar surface area (TPSA) is 58.2 Å². The van der Waals surface area contributed by atoms with Crippen LogP contribution in [0.15, 0.2) is 18.2 Å². The maximum absolute atomic E-state index is 12.0. The van der Waals surface area contributed by atoms with Gasteiger partial charge >= 0.3 is 0 Å². The van der Waals surface area contributed by atoms with Gasteiger partial charge < -0.3 is 10.6 Å². The molecule has 2 N–H and O–H groups in total. The van der Waals surface area contributed by atoms with E-state index in [2.05, 4.69) is 33.2 Å². The van der Waals surface area contributed by atoms with Crippen molar-refractivity contribution >= 4 is 46.0 Å². The number of carbonyl (C=O) groups excluding carboxylic acids is 2. The van der Waals surface area contributed by atoms with Gasteiger partial charge in [0.15, 0.2) is 0 Å². The molecule has 0 saturated carbocycles. The third-order valence-electron chi connectivity index (χ3n) is 2.78. The van der Waals surface area contributed by atoms with Gasteiger partial charge in [0.2, 0.25) is 5.91 Å². The summed E-state index contributed by atoms with van der Waals surface area (Å²) in [5.74, 6) is -0.118. The summed E-state index contributed by atoms with van der Waals surface area (Å²) in [6.45, 7) is 0.489. The number of rotatable bonds is 2. The molecule has 1 aromatic rings. The molecule has 1 fully saturated rings. The Bertz CT molecular complexity index is 483. The van der Waals surface area contributed by atoms with E-state index in [0.717, 1.165) is 3.57 Å². The van der Waals surface area contributed by atoms with Crippen molar-refractivity contribution in [2.75, 3.05) is 6.54 Å². The van der Waals surface area contributed by atoms with Gasteiger partial charge in [0.1, 0.15) is 0 Å². The molecule has 1 heterocycles. The van der Waals surface area contributed by atoms with Crippen LogP contribution in [0.2, 0.25) is 5.02 Å². The van der Waals surface area contributed by atoms with Crippen molar-refractivity contribution in [1.82, 2.24) is 10.6 Å². The highest BCUT2D eigenvalue weighted by Crippen LogP contribution is 2.19. The molecule has 0 radical (unpaired) electrons. The second kappa shape index (κ2) is 5.88. The molecule has 1 atom stereocenters. The van der Waals surface area contributed by atoms with Crippen LogP contribution in [0.1, 0.15) is 23.2 Å². The second-order valence-electron chi connectivity index (χ2n) is 4.14. The maximum atomic E-state index is 12.0. The summed E-state index contributed by atoms with van der Waals surface area (Å²) in [7, 11) is 0. The zero-order chi connectivity index (χ0) is 13.1. The van der Waals surface area contributed by atoms with Gasteiger partial charge in [-0.1, -0.05) is 11.6 Å². The SMILES string of the molecule is O=C1CCC(NC(=O)c2ccc(I)c(Cl)c2)CN1. The van der Waals surface area contributed by atoms with Gasteiger partial charge in [0.25, 0.3) is 5.91 Å². The van der Waals surface area contributed by atoms with Crippen molar-refractivity contribution in [3.8, 4) is 0 Å². The van der Waals surface area contributed by atoms with Gasteiger partial charge in [-0.2, -0.15) is 0 Å². The lowest BCUT2D eigenvalue weighted by atomic mass is 10.1. The van der Waals surface area contributed by atoms with Crippen LogP contribution in [-0.4, -0.2) is 24.4 Å². The van der Waals surface area contributed by atoms with E-state index in [4.69, 9.17) is 11.6 Å². The number of hydrogen-bond donors (Lipinski definition) is 2. The monoisotopic (exact) mass is 378 g/mol. The van der Waals surface area contributed by atoms with Crippen molar-refractivity contribution in [3.63, 3.8) is 0 Å². The lowest BCUT2D eigenvalue weighted by Crippen LogP contribution is -2.47. The first-order valence-corrected chi connectivity index (χ1v) is 7.04. The maximum Gasteiger partial charge on any atom is 0.251 e. The Morgan fingerprint density at radius 1 is 1.50 bits per heavy atom. The zero-order valence-corrected chi connectivity index (χ0v) is 12.4. The summed E-state index contributed by atoms with van der Waals surface area (Å²) < 4.78 is 0.913. The van der Waals surface area contributed by atoms with Crippen LogP contribution >= 0.6 is 34.2 Å². The van der Waals surface area contributed by atoms with E-state index in [1.165, 1.54) is 0 Å². The molecule has 2 rings (SSSR count). The van der Waals surface area contributed by atoms with Crippen molar-refractivity contribution in [1.29, 1.82) is 0 Å². The van der Waals surface area contributed by atoms with Crippen LogP contribution in [0, 0.1) is 3.57 Å². The van der Waals surface area contributed by atoms with E-state index in [1.54, 1.807) is 18.2 Å². The minimum absolute atomic E-state index is 0.00625. The molecule has 0 aliphatic carbocycles. The molecule has 18 heavy (non-hydrogen) atoms. The van der Waals surface area contributed by atoms with Gasteiger partial charge in [-0.15, -0.1) is 0 Å². The largest absolute Gasteiger partial charge is 0.354 e. The Balaban J connectivity index is 1.99. The number of hydrogen-bond acceptors (Lipinski definition) is 2. The Hall–Kier alpha value is -0.820. The average molecular weight is 379 g/mol. The van der Waals surface area contributed by atoms with Crippen molar-refractivity contribution in [2.45, 2.75) is 18.9 Å². The standard InChI is InChI=1S/C12H12ClIN2O2/c13-9-5-7(1-3-10(9)14)12(18)16-8-2-4-11(17)15-6-8/h1,3,5,8H,2,4,6H2,(H,15,17)(H,16,18). The first-order chi connectivity index (χ1) is 8.56. The van der Waals surface area contributed by atoms with E-state index >= 15 is 0 Å². The third kappa shape index (κ3) is 3.35. The van der Waals surface area contributed by atoms with E-state index in [-0.39, 0.29) is 17.9 Å². The number of carbonyl (C=O) groups is 2. The first kappa shape index (κ1) is 13.6. The highest BCUT2D eigenvalue weighted by Gasteiger charge is 2.20. The van der Waals surface area contributed by atoms with Gasteiger partial charge in [0, 0.05) is 28.1 Å². The molecule has 2 amide bonds. The molecule has 0 bridgehead atoms. The molecule has 6 heteroatoms. The van der Waals surface area contributed by atoms with Crippen molar-refractivity contribution < 1.29 is 9.59 Å². The highest BCUT2D eigenvalue weighted by atomic mass is 127. The van der Waals surface area contributed by atoms with Crippen LogP contribution in [0.5, 0.6) is 0 Å². The molecule has 1 aliphatic rings. The van der Waals surface area contributed by atoms with Crippen LogP contribution in [0.25, 0.3) is 0 Å². The van der Waals surface area contributed by atoms with Crippen LogP contribution < -0.4 is 10.6 Å². The summed E-state index contributed by atoms with van der Waals surface area (Å²) in [6.07, 6.45) is 1.13. The Kier molecular flexibility index (Phi) is 4.45. The van der Waals surface area contributed by atoms with E-state index in [9.17, 15) is 9.59 Å².